The molecule has 0 aromatic heterocycles. The zero-order chi connectivity index (χ0) is 14.8. The highest BCUT2D eigenvalue weighted by atomic mass is 16.5. The van der Waals surface area contributed by atoms with E-state index in [0.717, 1.165) is 12.5 Å². The summed E-state index contributed by atoms with van der Waals surface area (Å²) in [5, 5.41) is 6.46. The zero-order valence-electron chi connectivity index (χ0n) is 12.8. The number of hydrogen-bond acceptors (Lipinski definition) is 3. The van der Waals surface area contributed by atoms with Crippen molar-refractivity contribution in [3.05, 3.63) is 29.3 Å². The predicted octanol–water partition coefficient (Wildman–Crippen LogP) is 2.51. The van der Waals surface area contributed by atoms with E-state index in [2.05, 4.69) is 30.5 Å². The molecule has 0 radical (unpaired) electrons. The first kappa shape index (κ1) is 14.4. The van der Waals surface area contributed by atoms with Gasteiger partial charge in [-0.25, -0.2) is 0 Å². The third-order valence-corrected chi connectivity index (χ3v) is 4.57. The molecule has 1 saturated carbocycles. The van der Waals surface area contributed by atoms with Crippen molar-refractivity contribution < 1.29 is 9.53 Å². The number of benzene rings is 1. The van der Waals surface area contributed by atoms with Crippen LogP contribution in [0.25, 0.3) is 0 Å². The number of hydrogen-bond donors (Lipinski definition) is 2. The molecule has 114 valence electrons. The van der Waals surface area contributed by atoms with E-state index in [-0.39, 0.29) is 5.91 Å². The van der Waals surface area contributed by atoms with Crippen LogP contribution in [0.3, 0.4) is 0 Å². The van der Waals surface area contributed by atoms with Crippen molar-refractivity contribution >= 4 is 5.91 Å². The Morgan fingerprint density at radius 1 is 1.43 bits per heavy atom. The molecule has 4 heteroatoms. The summed E-state index contributed by atoms with van der Waals surface area (Å²) in [5.74, 6) is 2.08. The Bertz CT molecular complexity index is 526. The van der Waals surface area contributed by atoms with Gasteiger partial charge in [0, 0.05) is 6.04 Å². The van der Waals surface area contributed by atoms with Gasteiger partial charge in [0.25, 0.3) is 5.91 Å². The third-order valence-electron chi connectivity index (χ3n) is 4.57. The summed E-state index contributed by atoms with van der Waals surface area (Å²) in [6, 6.07) is 6.36. The molecule has 4 nitrogen and oxygen atoms in total. The van der Waals surface area contributed by atoms with Gasteiger partial charge in [0.15, 0.2) is 0 Å². The van der Waals surface area contributed by atoms with Crippen molar-refractivity contribution in [2.75, 3.05) is 19.7 Å². The highest BCUT2D eigenvalue weighted by Gasteiger charge is 2.34. The highest BCUT2D eigenvalue weighted by Crippen LogP contribution is 2.43. The van der Waals surface area contributed by atoms with Crippen molar-refractivity contribution in [2.45, 2.75) is 32.7 Å². The summed E-state index contributed by atoms with van der Waals surface area (Å²) in [4.78, 5) is 12.1. The van der Waals surface area contributed by atoms with Gasteiger partial charge in [-0.1, -0.05) is 19.9 Å². The lowest BCUT2D eigenvalue weighted by Gasteiger charge is -2.26. The molecular weight excluding hydrogens is 264 g/mol. The molecule has 1 aliphatic carbocycles. The minimum atomic E-state index is -0.0290. The van der Waals surface area contributed by atoms with Crippen molar-refractivity contribution in [3.63, 3.8) is 0 Å². The van der Waals surface area contributed by atoms with Gasteiger partial charge in [-0.2, -0.15) is 0 Å². The Hall–Kier alpha value is -1.55. The SMILES string of the molecule is CCNC(c1ccc2c(c1)C(=O)NCCO2)C(C)C1CC1. The van der Waals surface area contributed by atoms with Gasteiger partial charge in [0.05, 0.1) is 12.1 Å². The fraction of sp³-hybridized carbons (Fsp3) is 0.588. The van der Waals surface area contributed by atoms with E-state index in [1.807, 2.05) is 12.1 Å². The molecule has 2 aliphatic rings. The van der Waals surface area contributed by atoms with Gasteiger partial charge < -0.3 is 15.4 Å². The van der Waals surface area contributed by atoms with Crippen LogP contribution in [-0.2, 0) is 0 Å². The third kappa shape index (κ3) is 3.05. The van der Waals surface area contributed by atoms with Crippen LogP contribution in [-0.4, -0.2) is 25.6 Å². The lowest BCUT2D eigenvalue weighted by molar-refractivity contribution is 0.0957. The first-order valence-corrected chi connectivity index (χ1v) is 7.99. The molecule has 0 saturated heterocycles. The van der Waals surface area contributed by atoms with Crippen LogP contribution < -0.4 is 15.4 Å². The smallest absolute Gasteiger partial charge is 0.255 e. The van der Waals surface area contributed by atoms with Crippen LogP contribution in [0.4, 0.5) is 0 Å². The monoisotopic (exact) mass is 288 g/mol. The van der Waals surface area contributed by atoms with Crippen molar-refractivity contribution in [1.82, 2.24) is 10.6 Å². The second kappa shape index (κ2) is 6.06. The second-order valence-corrected chi connectivity index (χ2v) is 6.09. The Kier molecular flexibility index (Phi) is 4.15. The van der Waals surface area contributed by atoms with Crippen LogP contribution in [0.2, 0.25) is 0 Å². The van der Waals surface area contributed by atoms with E-state index < -0.39 is 0 Å². The number of carbonyl (C=O) groups is 1. The van der Waals surface area contributed by atoms with E-state index in [1.165, 1.54) is 18.4 Å². The topological polar surface area (TPSA) is 50.4 Å². The maximum Gasteiger partial charge on any atom is 0.255 e. The van der Waals surface area contributed by atoms with Crippen LogP contribution >= 0.6 is 0 Å². The van der Waals surface area contributed by atoms with E-state index >= 15 is 0 Å². The van der Waals surface area contributed by atoms with Crippen molar-refractivity contribution in [3.8, 4) is 5.75 Å². The van der Waals surface area contributed by atoms with E-state index in [0.29, 0.717) is 36.4 Å². The number of rotatable bonds is 5. The van der Waals surface area contributed by atoms with E-state index in [4.69, 9.17) is 4.74 Å². The van der Waals surface area contributed by atoms with E-state index in [1.54, 1.807) is 0 Å². The average molecular weight is 288 g/mol. The zero-order valence-corrected chi connectivity index (χ0v) is 12.8. The van der Waals surface area contributed by atoms with Gasteiger partial charge in [0.2, 0.25) is 0 Å². The van der Waals surface area contributed by atoms with Gasteiger partial charge in [-0.3, -0.25) is 4.79 Å². The lowest BCUT2D eigenvalue weighted by Crippen LogP contribution is -2.28. The molecule has 0 spiro atoms. The number of amides is 1. The Labute approximate surface area is 126 Å². The molecule has 21 heavy (non-hydrogen) atoms. The van der Waals surface area contributed by atoms with E-state index in [9.17, 15) is 4.79 Å². The number of carbonyl (C=O) groups excluding carboxylic acids is 1. The fourth-order valence-electron chi connectivity index (χ4n) is 3.19. The quantitative estimate of drug-likeness (QED) is 0.875. The molecule has 1 amide bonds. The minimum Gasteiger partial charge on any atom is -0.491 e. The van der Waals surface area contributed by atoms with Gasteiger partial charge >= 0.3 is 0 Å². The molecular formula is C17H24N2O2. The summed E-state index contributed by atoms with van der Waals surface area (Å²) in [6.45, 7) is 6.48. The Balaban J connectivity index is 1.91. The molecule has 2 N–H and O–H groups in total. The second-order valence-electron chi connectivity index (χ2n) is 6.09. The number of fused-ring (bicyclic) bond motifs is 1. The first-order valence-electron chi connectivity index (χ1n) is 7.99. The predicted molar refractivity (Wildman–Crippen MR) is 82.6 cm³/mol. The highest BCUT2D eigenvalue weighted by molar-refractivity contribution is 5.97. The standard InChI is InChI=1S/C17H24N2O2/c1-3-18-16(11(2)12-4-5-12)13-6-7-15-14(10-13)17(20)19-8-9-21-15/h6-7,10-12,16,18H,3-5,8-9H2,1-2H3,(H,19,20). The molecule has 2 unspecified atom stereocenters. The molecule has 1 heterocycles. The minimum absolute atomic E-state index is 0.0290. The molecule has 3 rings (SSSR count). The van der Waals surface area contributed by atoms with Crippen molar-refractivity contribution in [2.24, 2.45) is 11.8 Å². The van der Waals surface area contributed by atoms with Crippen LogP contribution in [0.5, 0.6) is 5.75 Å². The van der Waals surface area contributed by atoms with Crippen LogP contribution in [0.15, 0.2) is 18.2 Å². The Morgan fingerprint density at radius 2 is 2.24 bits per heavy atom. The number of nitrogens with one attached hydrogen (secondary N) is 2. The molecule has 1 aromatic rings. The summed E-state index contributed by atoms with van der Waals surface area (Å²) in [7, 11) is 0. The largest absolute Gasteiger partial charge is 0.491 e. The molecule has 2 atom stereocenters. The summed E-state index contributed by atoms with van der Waals surface area (Å²) in [6.07, 6.45) is 2.66. The van der Waals surface area contributed by atoms with Crippen LogP contribution in [0, 0.1) is 11.8 Å². The maximum atomic E-state index is 12.1. The summed E-state index contributed by atoms with van der Waals surface area (Å²) in [5.41, 5.74) is 1.85. The first-order chi connectivity index (χ1) is 10.2. The average Bonchev–Trinajstić information content (AvgIpc) is 3.33. The fourth-order valence-corrected chi connectivity index (χ4v) is 3.19. The van der Waals surface area contributed by atoms with Gasteiger partial charge in [-0.05, 0) is 48.9 Å². The molecule has 1 aliphatic heterocycles. The molecule has 0 bridgehead atoms. The van der Waals surface area contributed by atoms with Crippen molar-refractivity contribution in [1.29, 1.82) is 0 Å². The maximum absolute atomic E-state index is 12.1. The molecule has 1 aromatic carbocycles. The summed E-state index contributed by atoms with van der Waals surface area (Å²) >= 11 is 0. The van der Waals surface area contributed by atoms with Gasteiger partial charge in [-0.15, -0.1) is 0 Å². The number of ether oxygens (including phenoxy) is 1. The lowest BCUT2D eigenvalue weighted by atomic mass is 9.89. The Morgan fingerprint density at radius 3 is 2.95 bits per heavy atom. The molecule has 1 fully saturated rings. The van der Waals surface area contributed by atoms with Gasteiger partial charge in [0.1, 0.15) is 12.4 Å². The van der Waals surface area contributed by atoms with Crippen LogP contribution in [0.1, 0.15) is 48.7 Å². The normalized spacial score (nSPS) is 20.8. The summed E-state index contributed by atoms with van der Waals surface area (Å²) < 4.78 is 5.63.